The van der Waals surface area contributed by atoms with Crippen molar-refractivity contribution in [3.8, 4) is 5.69 Å². The second-order valence-electron chi connectivity index (χ2n) is 2.66. The molecular weight excluding hydrogens is 229 g/mol. The summed E-state index contributed by atoms with van der Waals surface area (Å²) in [7, 11) is 0. The van der Waals surface area contributed by atoms with Crippen molar-refractivity contribution in [1.29, 1.82) is 0 Å². The lowest BCUT2D eigenvalue weighted by Crippen LogP contribution is -1.90. The first-order valence-corrected chi connectivity index (χ1v) is 5.62. The molecule has 0 bridgehead atoms. The van der Waals surface area contributed by atoms with E-state index in [9.17, 15) is 0 Å². The number of para-hydroxylation sites is 1. The number of benzene rings is 1. The third kappa shape index (κ3) is 2.77. The Balaban J connectivity index is 0.000000531. The summed E-state index contributed by atoms with van der Waals surface area (Å²) in [6.45, 7) is 4.00. The van der Waals surface area contributed by atoms with E-state index >= 15 is 0 Å². The third-order valence-electron chi connectivity index (χ3n) is 1.81. The minimum Gasteiger partial charge on any atom is -0.306 e. The Morgan fingerprint density at radius 3 is 2.00 bits per heavy atom. The minimum atomic E-state index is 0.549. The van der Waals surface area contributed by atoms with Gasteiger partial charge in [0.1, 0.15) is 5.15 Å². The Morgan fingerprint density at radius 1 is 0.933 bits per heavy atom. The van der Waals surface area contributed by atoms with Crippen LogP contribution in [0.5, 0.6) is 0 Å². The Morgan fingerprint density at radius 2 is 1.53 bits per heavy atom. The Hall–Kier alpha value is -0.920. The number of halogens is 2. The average molecular weight is 242 g/mol. The van der Waals surface area contributed by atoms with Crippen molar-refractivity contribution in [2.75, 3.05) is 0 Å². The zero-order chi connectivity index (χ0) is 11.3. The van der Waals surface area contributed by atoms with Crippen molar-refractivity contribution in [1.82, 2.24) is 4.57 Å². The molecule has 2 aromatic rings. The molecule has 1 aromatic heterocycles. The molecule has 0 aliphatic carbocycles. The summed E-state index contributed by atoms with van der Waals surface area (Å²) in [5.74, 6) is 0. The first-order valence-electron chi connectivity index (χ1n) is 4.87. The standard InChI is InChI=1S/C10H7Cl2N.C2H6/c11-9-6-7-13(10(9)12)8-4-2-1-3-5-8;1-2/h1-7H;1-2H3. The zero-order valence-electron chi connectivity index (χ0n) is 8.74. The Bertz CT molecular complexity index is 407. The van der Waals surface area contributed by atoms with Crippen LogP contribution in [0.15, 0.2) is 42.6 Å². The summed E-state index contributed by atoms with van der Waals surface area (Å²) < 4.78 is 1.84. The maximum absolute atomic E-state index is 5.97. The number of hydrogen-bond acceptors (Lipinski definition) is 0. The van der Waals surface area contributed by atoms with Crippen LogP contribution in [0.25, 0.3) is 5.69 Å². The number of hydrogen-bond donors (Lipinski definition) is 0. The molecule has 0 N–H and O–H groups in total. The molecule has 1 nitrogen and oxygen atoms in total. The lowest BCUT2D eigenvalue weighted by Gasteiger charge is -2.03. The predicted octanol–water partition coefficient (Wildman–Crippen LogP) is 4.81. The molecule has 0 saturated carbocycles. The van der Waals surface area contributed by atoms with Gasteiger partial charge in [0.15, 0.2) is 0 Å². The summed E-state index contributed by atoms with van der Waals surface area (Å²) in [6.07, 6.45) is 1.85. The van der Waals surface area contributed by atoms with Crippen LogP contribution in [0, 0.1) is 0 Å². The normalized spacial score (nSPS) is 9.33. The fraction of sp³-hybridized carbons (Fsp3) is 0.167. The van der Waals surface area contributed by atoms with E-state index in [2.05, 4.69) is 0 Å². The molecule has 0 aliphatic heterocycles. The summed E-state index contributed by atoms with van der Waals surface area (Å²) >= 11 is 11.8. The predicted molar refractivity (Wildman–Crippen MR) is 67.1 cm³/mol. The van der Waals surface area contributed by atoms with E-state index in [1.165, 1.54) is 0 Å². The monoisotopic (exact) mass is 241 g/mol. The molecular formula is C12H13Cl2N. The van der Waals surface area contributed by atoms with E-state index < -0.39 is 0 Å². The van der Waals surface area contributed by atoms with Gasteiger partial charge in [-0.25, -0.2) is 0 Å². The fourth-order valence-electron chi connectivity index (χ4n) is 1.18. The largest absolute Gasteiger partial charge is 0.306 e. The van der Waals surface area contributed by atoms with Crippen LogP contribution in [0.4, 0.5) is 0 Å². The van der Waals surface area contributed by atoms with Gasteiger partial charge in [-0.2, -0.15) is 0 Å². The van der Waals surface area contributed by atoms with Gasteiger partial charge >= 0.3 is 0 Å². The topological polar surface area (TPSA) is 4.93 Å². The molecule has 0 unspecified atom stereocenters. The van der Waals surface area contributed by atoms with E-state index in [0.717, 1.165) is 5.69 Å². The van der Waals surface area contributed by atoms with Gasteiger partial charge in [-0.3, -0.25) is 0 Å². The lowest BCUT2D eigenvalue weighted by atomic mass is 10.3. The van der Waals surface area contributed by atoms with E-state index in [4.69, 9.17) is 23.2 Å². The molecule has 0 saturated heterocycles. The average Bonchev–Trinajstić information content (AvgIpc) is 2.64. The maximum atomic E-state index is 5.97. The van der Waals surface area contributed by atoms with Gasteiger partial charge in [0.2, 0.25) is 0 Å². The molecule has 1 aromatic carbocycles. The van der Waals surface area contributed by atoms with Gasteiger partial charge < -0.3 is 4.57 Å². The smallest absolute Gasteiger partial charge is 0.132 e. The molecule has 2 rings (SSSR count). The maximum Gasteiger partial charge on any atom is 0.132 e. The van der Waals surface area contributed by atoms with Crippen molar-refractivity contribution in [2.45, 2.75) is 13.8 Å². The minimum absolute atomic E-state index is 0.549. The third-order valence-corrected chi connectivity index (χ3v) is 2.60. The van der Waals surface area contributed by atoms with Gasteiger partial charge in [0.25, 0.3) is 0 Å². The highest BCUT2D eigenvalue weighted by Gasteiger charge is 2.04. The van der Waals surface area contributed by atoms with Crippen molar-refractivity contribution < 1.29 is 0 Å². The van der Waals surface area contributed by atoms with Crippen LogP contribution >= 0.6 is 23.2 Å². The zero-order valence-corrected chi connectivity index (χ0v) is 10.3. The lowest BCUT2D eigenvalue weighted by molar-refractivity contribution is 1.08. The van der Waals surface area contributed by atoms with Crippen molar-refractivity contribution in [3.05, 3.63) is 52.8 Å². The van der Waals surface area contributed by atoms with Crippen molar-refractivity contribution >= 4 is 23.2 Å². The van der Waals surface area contributed by atoms with Gasteiger partial charge in [0, 0.05) is 11.9 Å². The summed E-state index contributed by atoms with van der Waals surface area (Å²) in [6, 6.07) is 11.6. The van der Waals surface area contributed by atoms with E-state index in [0.29, 0.717) is 10.2 Å². The first kappa shape index (κ1) is 12.2. The number of rotatable bonds is 1. The number of aromatic nitrogens is 1. The Labute approximate surface area is 100 Å². The highest BCUT2D eigenvalue weighted by atomic mass is 35.5. The molecule has 0 radical (unpaired) electrons. The van der Waals surface area contributed by atoms with Crippen LogP contribution in [0.1, 0.15) is 13.8 Å². The summed E-state index contributed by atoms with van der Waals surface area (Å²) in [5.41, 5.74) is 1.01. The first-order chi connectivity index (χ1) is 7.29. The summed E-state index contributed by atoms with van der Waals surface area (Å²) in [4.78, 5) is 0. The van der Waals surface area contributed by atoms with Crippen LogP contribution in [0.2, 0.25) is 10.2 Å². The van der Waals surface area contributed by atoms with Crippen LogP contribution < -0.4 is 0 Å². The molecule has 15 heavy (non-hydrogen) atoms. The highest BCUT2D eigenvalue weighted by Crippen LogP contribution is 2.25. The van der Waals surface area contributed by atoms with Gasteiger partial charge in [-0.1, -0.05) is 55.2 Å². The number of nitrogens with zero attached hydrogens (tertiary/aromatic N) is 1. The second-order valence-corrected chi connectivity index (χ2v) is 3.43. The molecule has 1 heterocycles. The van der Waals surface area contributed by atoms with E-state index in [1.54, 1.807) is 6.07 Å². The van der Waals surface area contributed by atoms with Gasteiger partial charge in [0.05, 0.1) is 5.02 Å². The Kier molecular flexibility index (Phi) is 4.73. The van der Waals surface area contributed by atoms with Gasteiger partial charge in [-0.15, -0.1) is 0 Å². The molecule has 3 heteroatoms. The van der Waals surface area contributed by atoms with E-state index in [1.807, 2.05) is 54.9 Å². The molecule has 0 spiro atoms. The fourth-order valence-corrected chi connectivity index (χ4v) is 1.54. The van der Waals surface area contributed by atoms with E-state index in [-0.39, 0.29) is 0 Å². The van der Waals surface area contributed by atoms with Gasteiger partial charge in [-0.05, 0) is 18.2 Å². The summed E-state index contributed by atoms with van der Waals surface area (Å²) in [5, 5.41) is 1.12. The van der Waals surface area contributed by atoms with Crippen LogP contribution in [0.3, 0.4) is 0 Å². The quantitative estimate of drug-likeness (QED) is 0.676. The van der Waals surface area contributed by atoms with Crippen molar-refractivity contribution in [3.63, 3.8) is 0 Å². The molecule has 0 fully saturated rings. The van der Waals surface area contributed by atoms with Crippen LogP contribution in [-0.2, 0) is 0 Å². The molecule has 0 amide bonds. The van der Waals surface area contributed by atoms with Crippen molar-refractivity contribution in [2.24, 2.45) is 0 Å². The molecule has 80 valence electrons. The van der Waals surface area contributed by atoms with Crippen LogP contribution in [-0.4, -0.2) is 4.57 Å². The highest BCUT2D eigenvalue weighted by molar-refractivity contribution is 6.41. The SMILES string of the molecule is CC.Clc1ccn(-c2ccccc2)c1Cl. The molecule has 0 atom stereocenters. The second kappa shape index (κ2) is 5.84. The molecule has 0 aliphatic rings.